The molecule has 0 aromatic heterocycles. The number of esters is 1. The summed E-state index contributed by atoms with van der Waals surface area (Å²) in [5.41, 5.74) is -0.143. The Hall–Kier alpha value is -3.14. The van der Waals surface area contributed by atoms with E-state index in [9.17, 15) is 25.0 Å². The molecule has 3 atom stereocenters. The molecule has 0 unspecified atom stereocenters. The summed E-state index contributed by atoms with van der Waals surface area (Å²) in [5.74, 6) is -0.426. The van der Waals surface area contributed by atoms with E-state index in [1.165, 1.54) is 0 Å². The first-order valence-electron chi connectivity index (χ1n) is 10.2. The van der Waals surface area contributed by atoms with Crippen molar-refractivity contribution in [3.63, 3.8) is 0 Å². The van der Waals surface area contributed by atoms with Crippen molar-refractivity contribution in [1.29, 1.82) is 0 Å². The van der Waals surface area contributed by atoms with E-state index in [0.717, 1.165) is 41.6 Å². The molecule has 3 rings (SSSR count). The van der Waals surface area contributed by atoms with Crippen molar-refractivity contribution in [3.05, 3.63) is 68.3 Å². The van der Waals surface area contributed by atoms with Crippen LogP contribution in [0.1, 0.15) is 36.5 Å². The first-order valence-corrected chi connectivity index (χ1v) is 11.1. The molecule has 0 spiro atoms. The average Bonchev–Trinajstić information content (AvgIpc) is 2.75. The lowest BCUT2D eigenvalue weighted by Crippen LogP contribution is -2.35. The van der Waals surface area contributed by atoms with Crippen LogP contribution < -0.4 is 4.90 Å². The summed E-state index contributed by atoms with van der Waals surface area (Å²) in [7, 11) is 3.94. The first-order chi connectivity index (χ1) is 15.1. The number of nitro groups is 2. The van der Waals surface area contributed by atoms with Crippen LogP contribution in [0.25, 0.3) is 0 Å². The fourth-order valence-electron chi connectivity index (χ4n) is 3.69. The Morgan fingerprint density at radius 3 is 2.16 bits per heavy atom. The van der Waals surface area contributed by atoms with Gasteiger partial charge in [-0.2, -0.15) is 0 Å². The van der Waals surface area contributed by atoms with E-state index in [0.29, 0.717) is 12.3 Å². The lowest BCUT2D eigenvalue weighted by Gasteiger charge is -2.34. The third-order valence-corrected chi connectivity index (χ3v) is 6.84. The van der Waals surface area contributed by atoms with Crippen molar-refractivity contribution in [3.8, 4) is 0 Å². The zero-order valence-corrected chi connectivity index (χ0v) is 18.9. The van der Waals surface area contributed by atoms with Crippen LogP contribution in [0.5, 0.6) is 0 Å². The second-order valence-corrected chi connectivity index (χ2v) is 9.47. The number of non-ortho nitro benzene ring substituents is 2. The second-order valence-electron chi connectivity index (χ2n) is 8.16. The summed E-state index contributed by atoms with van der Waals surface area (Å²) in [6.07, 6.45) is 2.12. The summed E-state index contributed by atoms with van der Waals surface area (Å²) in [4.78, 5) is 36.6. The molecule has 0 radical (unpaired) electrons. The minimum Gasteiger partial charge on any atom is -0.458 e. The van der Waals surface area contributed by atoms with Crippen LogP contribution in [-0.4, -0.2) is 41.3 Å². The van der Waals surface area contributed by atoms with Crippen LogP contribution in [0.2, 0.25) is 0 Å². The molecule has 9 nitrogen and oxygen atoms in total. The maximum atomic E-state index is 12.8. The van der Waals surface area contributed by atoms with Crippen molar-refractivity contribution in [1.82, 2.24) is 0 Å². The van der Waals surface area contributed by atoms with Crippen LogP contribution in [0.15, 0.2) is 47.4 Å². The third-order valence-electron chi connectivity index (χ3n) is 5.45. The van der Waals surface area contributed by atoms with E-state index in [1.807, 2.05) is 43.3 Å². The summed E-state index contributed by atoms with van der Waals surface area (Å²) >= 11 is 1.64. The number of carbonyl (C=O) groups is 1. The van der Waals surface area contributed by atoms with E-state index < -0.39 is 33.3 Å². The number of carbonyl (C=O) groups excluding carboxylic acids is 1. The highest BCUT2D eigenvalue weighted by molar-refractivity contribution is 8.00. The molecule has 0 bridgehead atoms. The molecule has 1 aliphatic rings. The minimum atomic E-state index is -0.788. The molecule has 1 fully saturated rings. The van der Waals surface area contributed by atoms with Crippen molar-refractivity contribution in [2.75, 3.05) is 19.0 Å². The predicted molar refractivity (Wildman–Crippen MR) is 122 cm³/mol. The minimum absolute atomic E-state index is 0.0223. The first kappa shape index (κ1) is 23.5. The van der Waals surface area contributed by atoms with Gasteiger partial charge in [-0.15, -0.1) is 11.8 Å². The number of rotatable bonds is 7. The monoisotopic (exact) mass is 459 g/mol. The molecule has 0 aliphatic heterocycles. The summed E-state index contributed by atoms with van der Waals surface area (Å²) < 4.78 is 5.75. The highest BCUT2D eigenvalue weighted by Crippen LogP contribution is 2.38. The quantitative estimate of drug-likeness (QED) is 0.320. The van der Waals surface area contributed by atoms with E-state index in [2.05, 4.69) is 6.92 Å². The zero-order valence-electron chi connectivity index (χ0n) is 18.1. The van der Waals surface area contributed by atoms with Gasteiger partial charge in [0.15, 0.2) is 0 Å². The van der Waals surface area contributed by atoms with E-state index >= 15 is 0 Å². The third kappa shape index (κ3) is 5.76. The number of hydrogen-bond donors (Lipinski definition) is 0. The molecule has 0 amide bonds. The Bertz CT molecular complexity index is 979. The Morgan fingerprint density at radius 2 is 1.62 bits per heavy atom. The molecular formula is C22H25N3O6S. The zero-order chi connectivity index (χ0) is 23.4. The molecule has 32 heavy (non-hydrogen) atoms. The van der Waals surface area contributed by atoms with Gasteiger partial charge in [-0.3, -0.25) is 20.2 Å². The van der Waals surface area contributed by atoms with E-state index in [1.54, 1.807) is 11.8 Å². The van der Waals surface area contributed by atoms with Gasteiger partial charge in [0.2, 0.25) is 0 Å². The summed E-state index contributed by atoms with van der Waals surface area (Å²) in [6.45, 7) is 2.09. The SMILES string of the molecule is C[C@@H]1CC[C@H](Sc2ccc(N(C)C)cc2)[C@@H](OC(=O)c2cc([N+](=O)[O-])cc([N+](=O)[O-])c2)C1. The van der Waals surface area contributed by atoms with Gasteiger partial charge in [0, 0.05) is 42.1 Å². The van der Waals surface area contributed by atoms with E-state index in [-0.39, 0.29) is 10.8 Å². The second kappa shape index (κ2) is 9.99. The molecule has 1 saturated carbocycles. The Balaban J connectivity index is 1.79. The maximum Gasteiger partial charge on any atom is 0.338 e. The summed E-state index contributed by atoms with van der Waals surface area (Å²) in [6, 6.07) is 11.0. The van der Waals surface area contributed by atoms with Crippen molar-refractivity contribution in [2.45, 2.75) is 42.4 Å². The molecule has 1 aliphatic carbocycles. The van der Waals surface area contributed by atoms with Crippen LogP contribution in [0.4, 0.5) is 17.1 Å². The molecule has 2 aromatic rings. The summed E-state index contributed by atoms with van der Waals surface area (Å²) in [5, 5.41) is 22.3. The van der Waals surface area contributed by atoms with Crippen LogP contribution in [-0.2, 0) is 4.74 Å². The predicted octanol–water partition coefficient (Wildman–Crippen LogP) is 5.08. The van der Waals surface area contributed by atoms with Crippen molar-refractivity contribution >= 4 is 34.8 Å². The normalized spacial score (nSPS) is 20.4. The average molecular weight is 460 g/mol. The van der Waals surface area contributed by atoms with Gasteiger partial charge in [-0.05, 0) is 49.4 Å². The van der Waals surface area contributed by atoms with Crippen LogP contribution in [0.3, 0.4) is 0 Å². The number of anilines is 1. The number of thioether (sulfide) groups is 1. The smallest absolute Gasteiger partial charge is 0.338 e. The van der Waals surface area contributed by atoms with Crippen LogP contribution >= 0.6 is 11.8 Å². The lowest BCUT2D eigenvalue weighted by atomic mass is 9.88. The van der Waals surface area contributed by atoms with Gasteiger partial charge in [0.05, 0.1) is 21.5 Å². The molecule has 10 heteroatoms. The van der Waals surface area contributed by atoms with Crippen LogP contribution in [0, 0.1) is 26.1 Å². The van der Waals surface area contributed by atoms with Gasteiger partial charge in [-0.25, -0.2) is 4.79 Å². The number of hydrogen-bond acceptors (Lipinski definition) is 8. The number of ether oxygens (including phenoxy) is 1. The van der Waals surface area contributed by atoms with Gasteiger partial charge in [0.1, 0.15) is 6.10 Å². The van der Waals surface area contributed by atoms with Gasteiger partial charge in [0.25, 0.3) is 11.4 Å². The fraction of sp³-hybridized carbons (Fsp3) is 0.409. The largest absolute Gasteiger partial charge is 0.458 e. The number of nitro benzene ring substituents is 2. The Morgan fingerprint density at radius 1 is 1.03 bits per heavy atom. The molecule has 0 saturated heterocycles. The Labute approximate surface area is 190 Å². The topological polar surface area (TPSA) is 116 Å². The molecule has 2 aromatic carbocycles. The van der Waals surface area contributed by atoms with Crippen molar-refractivity contribution < 1.29 is 19.4 Å². The van der Waals surface area contributed by atoms with Gasteiger partial charge < -0.3 is 9.64 Å². The van der Waals surface area contributed by atoms with Crippen molar-refractivity contribution in [2.24, 2.45) is 5.92 Å². The highest BCUT2D eigenvalue weighted by Gasteiger charge is 2.33. The number of benzene rings is 2. The molecule has 0 N–H and O–H groups in total. The maximum absolute atomic E-state index is 12.8. The number of nitrogens with zero attached hydrogens (tertiary/aromatic N) is 3. The molecular weight excluding hydrogens is 434 g/mol. The molecule has 0 heterocycles. The standard InChI is InChI=1S/C22H25N3O6S/c1-14-4-9-21(32-19-7-5-16(6-8-19)23(2)3)20(10-14)31-22(26)15-11-17(24(27)28)13-18(12-15)25(29)30/h5-8,11-14,20-21H,4,9-10H2,1-3H3/t14-,20+,21+/m1/s1. The highest BCUT2D eigenvalue weighted by atomic mass is 32.2. The fourth-order valence-corrected chi connectivity index (χ4v) is 4.90. The van der Waals surface area contributed by atoms with Gasteiger partial charge >= 0.3 is 5.97 Å². The van der Waals surface area contributed by atoms with E-state index in [4.69, 9.17) is 4.74 Å². The lowest BCUT2D eigenvalue weighted by molar-refractivity contribution is -0.394. The van der Waals surface area contributed by atoms with Gasteiger partial charge in [-0.1, -0.05) is 6.92 Å². The molecule has 170 valence electrons. The Kier molecular flexibility index (Phi) is 7.34.